The van der Waals surface area contributed by atoms with Crippen LogP contribution in [0.1, 0.15) is 5.69 Å². The van der Waals surface area contributed by atoms with Crippen molar-refractivity contribution in [1.82, 2.24) is 9.97 Å². The van der Waals surface area contributed by atoms with Gasteiger partial charge in [-0.25, -0.2) is 9.97 Å². The Kier molecular flexibility index (Phi) is 4.11. The molecule has 0 saturated carbocycles. The molecule has 64 valence electrons. The first-order chi connectivity index (χ1) is 5.83. The summed E-state index contributed by atoms with van der Waals surface area (Å²) in [5.74, 6) is 0.812. The molecule has 1 aromatic rings. The van der Waals surface area contributed by atoms with Crippen molar-refractivity contribution < 1.29 is 0 Å². The summed E-state index contributed by atoms with van der Waals surface area (Å²) < 4.78 is 0. The maximum absolute atomic E-state index is 5.36. The average molecular weight is 201 g/mol. The lowest BCUT2D eigenvalue weighted by Crippen LogP contribution is -1.87. The van der Waals surface area contributed by atoms with Crippen LogP contribution in [-0.4, -0.2) is 15.7 Å². The number of nitrogens with zero attached hydrogens (tertiary/aromatic N) is 2. The number of rotatable bonds is 3. The van der Waals surface area contributed by atoms with Gasteiger partial charge in [0.05, 0.1) is 0 Å². The molecule has 0 fully saturated rings. The molecule has 4 heteroatoms. The molecule has 0 amide bonds. The minimum Gasteiger partial charge on any atom is -0.231 e. The molecule has 0 spiro atoms. The highest BCUT2D eigenvalue weighted by Gasteiger charge is 1.94. The number of thioether (sulfide) groups is 1. The van der Waals surface area contributed by atoms with Gasteiger partial charge in [-0.2, -0.15) is 0 Å². The van der Waals surface area contributed by atoms with Crippen molar-refractivity contribution in [3.05, 3.63) is 29.6 Å². The van der Waals surface area contributed by atoms with Gasteiger partial charge in [0.1, 0.15) is 0 Å². The predicted octanol–water partition coefficient (Wildman–Crippen LogP) is 2.63. The van der Waals surface area contributed by atoms with E-state index in [0.717, 1.165) is 16.6 Å². The maximum atomic E-state index is 5.36. The summed E-state index contributed by atoms with van der Waals surface area (Å²) in [5, 5.41) is 0.796. The summed E-state index contributed by atoms with van der Waals surface area (Å²) in [5.41, 5.74) is 2.49. The van der Waals surface area contributed by atoms with E-state index in [4.69, 9.17) is 11.6 Å². The van der Waals surface area contributed by atoms with E-state index in [1.54, 1.807) is 18.0 Å². The molecule has 0 N–H and O–H groups in total. The van der Waals surface area contributed by atoms with Gasteiger partial charge in [0.25, 0.3) is 0 Å². The van der Waals surface area contributed by atoms with E-state index in [2.05, 4.69) is 9.97 Å². The second-order valence-corrected chi connectivity index (χ2v) is 3.39. The van der Waals surface area contributed by atoms with Crippen LogP contribution in [0.5, 0.6) is 0 Å². The number of aryl methyl sites for hydroxylation is 1. The molecule has 0 aliphatic heterocycles. The van der Waals surface area contributed by atoms with Gasteiger partial charge in [-0.05, 0) is 13.0 Å². The largest absolute Gasteiger partial charge is 0.231 e. The van der Waals surface area contributed by atoms with Crippen molar-refractivity contribution in [3.63, 3.8) is 0 Å². The van der Waals surface area contributed by atoms with E-state index in [1.165, 1.54) is 5.54 Å². The van der Waals surface area contributed by atoms with Crippen LogP contribution in [0, 0.1) is 6.92 Å². The van der Waals surface area contributed by atoms with Gasteiger partial charge in [0.15, 0.2) is 5.16 Å². The van der Waals surface area contributed by atoms with Gasteiger partial charge in [0, 0.05) is 23.2 Å². The number of hydrogen-bond acceptors (Lipinski definition) is 3. The lowest BCUT2D eigenvalue weighted by Gasteiger charge is -1.96. The molecular weight excluding hydrogens is 192 g/mol. The van der Waals surface area contributed by atoms with Crippen molar-refractivity contribution in [3.8, 4) is 0 Å². The van der Waals surface area contributed by atoms with Crippen LogP contribution in [-0.2, 0) is 0 Å². The monoisotopic (exact) mass is 200 g/mol. The fourth-order valence-corrected chi connectivity index (χ4v) is 1.53. The molecule has 0 bridgehead atoms. The Balaban J connectivity index is 2.52. The van der Waals surface area contributed by atoms with Gasteiger partial charge in [-0.15, -0.1) is 0 Å². The van der Waals surface area contributed by atoms with Crippen molar-refractivity contribution in [2.75, 3.05) is 5.75 Å². The molecule has 0 aromatic carbocycles. The lowest BCUT2D eigenvalue weighted by molar-refractivity contribution is 0.934. The van der Waals surface area contributed by atoms with Gasteiger partial charge in [-0.1, -0.05) is 29.4 Å². The van der Waals surface area contributed by atoms with Crippen LogP contribution in [0.4, 0.5) is 0 Å². The van der Waals surface area contributed by atoms with Crippen LogP contribution in [0.2, 0.25) is 0 Å². The zero-order valence-electron chi connectivity index (χ0n) is 6.70. The molecule has 1 aromatic heterocycles. The van der Waals surface area contributed by atoms with Crippen LogP contribution in [0.25, 0.3) is 0 Å². The van der Waals surface area contributed by atoms with Crippen LogP contribution in [0.15, 0.2) is 29.0 Å². The van der Waals surface area contributed by atoms with E-state index in [0.29, 0.717) is 0 Å². The number of aromatic nitrogens is 2. The molecule has 0 atom stereocenters. The maximum Gasteiger partial charge on any atom is 0.188 e. The third-order valence-corrected chi connectivity index (χ3v) is 2.16. The fraction of sp³-hybridized carbons (Fsp3) is 0.250. The number of halogens is 1. The summed E-state index contributed by atoms with van der Waals surface area (Å²) in [7, 11) is 0. The summed E-state index contributed by atoms with van der Waals surface area (Å²) in [4.78, 5) is 8.31. The Morgan fingerprint density at radius 2 is 2.50 bits per heavy atom. The Hall–Kier alpha value is -0.540. The van der Waals surface area contributed by atoms with E-state index in [-0.39, 0.29) is 0 Å². The topological polar surface area (TPSA) is 25.8 Å². The van der Waals surface area contributed by atoms with Crippen molar-refractivity contribution in [2.45, 2.75) is 12.1 Å². The second kappa shape index (κ2) is 5.17. The van der Waals surface area contributed by atoms with E-state index in [9.17, 15) is 0 Å². The molecule has 0 unspecified atom stereocenters. The first-order valence-electron chi connectivity index (χ1n) is 3.50. The Labute approximate surface area is 81.1 Å². The molecule has 0 radical (unpaired) electrons. The first-order valence-corrected chi connectivity index (χ1v) is 4.93. The molecule has 2 nitrogen and oxygen atoms in total. The molecular formula is C8H9ClN2S. The molecule has 12 heavy (non-hydrogen) atoms. The minimum absolute atomic E-state index is 0.796. The zero-order chi connectivity index (χ0) is 8.81. The van der Waals surface area contributed by atoms with E-state index < -0.39 is 0 Å². The Morgan fingerprint density at radius 1 is 1.67 bits per heavy atom. The van der Waals surface area contributed by atoms with Gasteiger partial charge < -0.3 is 0 Å². The molecule has 0 aliphatic carbocycles. The van der Waals surface area contributed by atoms with E-state index >= 15 is 0 Å². The summed E-state index contributed by atoms with van der Waals surface area (Å²) in [6, 6.07) is 1.88. The highest BCUT2D eigenvalue weighted by Crippen LogP contribution is 2.11. The SMILES string of the molecule is Cc1ccnc(SC/C=C/Cl)n1. The summed E-state index contributed by atoms with van der Waals surface area (Å²) in [6.45, 7) is 1.95. The average Bonchev–Trinajstić information content (AvgIpc) is 2.05. The highest BCUT2D eigenvalue weighted by atomic mass is 35.5. The molecule has 1 heterocycles. The zero-order valence-corrected chi connectivity index (χ0v) is 8.27. The van der Waals surface area contributed by atoms with Gasteiger partial charge in [-0.3, -0.25) is 0 Å². The second-order valence-electron chi connectivity index (χ2n) is 2.15. The molecule has 0 saturated heterocycles. The van der Waals surface area contributed by atoms with Crippen molar-refractivity contribution in [1.29, 1.82) is 0 Å². The van der Waals surface area contributed by atoms with Crippen molar-refractivity contribution >= 4 is 23.4 Å². The minimum atomic E-state index is 0.796. The van der Waals surface area contributed by atoms with Crippen LogP contribution in [0.3, 0.4) is 0 Å². The normalized spacial score (nSPS) is 10.8. The smallest absolute Gasteiger partial charge is 0.188 e. The first kappa shape index (κ1) is 9.55. The standard InChI is InChI=1S/C8H9ClN2S/c1-7-3-5-10-8(11-7)12-6-2-4-9/h2-5H,6H2,1H3/b4-2+. The Morgan fingerprint density at radius 3 is 3.17 bits per heavy atom. The highest BCUT2D eigenvalue weighted by molar-refractivity contribution is 7.99. The third kappa shape index (κ3) is 3.24. The number of hydrogen-bond donors (Lipinski definition) is 0. The lowest BCUT2D eigenvalue weighted by atomic mass is 10.5. The van der Waals surface area contributed by atoms with Crippen molar-refractivity contribution in [2.24, 2.45) is 0 Å². The van der Waals surface area contributed by atoms with Gasteiger partial charge >= 0.3 is 0 Å². The summed E-state index contributed by atoms with van der Waals surface area (Å²) >= 11 is 6.93. The fourth-order valence-electron chi connectivity index (χ4n) is 0.654. The Bertz CT molecular complexity index is 276. The predicted molar refractivity (Wildman–Crippen MR) is 52.5 cm³/mol. The quantitative estimate of drug-likeness (QED) is 0.554. The van der Waals surface area contributed by atoms with Crippen LogP contribution < -0.4 is 0 Å². The third-order valence-electron chi connectivity index (χ3n) is 1.17. The molecule has 1 rings (SSSR count). The summed E-state index contributed by atoms with van der Waals surface area (Å²) in [6.07, 6.45) is 3.62. The molecule has 0 aliphatic rings. The van der Waals surface area contributed by atoms with Gasteiger partial charge in [0.2, 0.25) is 0 Å². The van der Waals surface area contributed by atoms with E-state index in [1.807, 2.05) is 19.1 Å². The van der Waals surface area contributed by atoms with Crippen LogP contribution >= 0.6 is 23.4 Å².